The third kappa shape index (κ3) is 2.08. The highest BCUT2D eigenvalue weighted by Crippen LogP contribution is 2.31. The van der Waals surface area contributed by atoms with Crippen LogP contribution in [0.2, 0.25) is 0 Å². The fourth-order valence-electron chi connectivity index (χ4n) is 1.67. The van der Waals surface area contributed by atoms with Crippen LogP contribution in [0, 0.1) is 0 Å². The van der Waals surface area contributed by atoms with Gasteiger partial charge in [-0.15, -0.1) is 0 Å². The summed E-state index contributed by atoms with van der Waals surface area (Å²) in [5, 5.41) is 8.80. The van der Waals surface area contributed by atoms with E-state index in [1.54, 1.807) is 0 Å². The fraction of sp³-hybridized carbons (Fsp3) is 0.182. The van der Waals surface area contributed by atoms with Crippen molar-refractivity contribution in [1.29, 1.82) is 0 Å². The maximum Gasteiger partial charge on any atom is 0.335 e. The smallest absolute Gasteiger partial charge is 0.335 e. The van der Waals surface area contributed by atoms with E-state index < -0.39 is 5.97 Å². The normalized spacial score (nSPS) is 15.5. The lowest BCUT2D eigenvalue weighted by Crippen LogP contribution is -2.28. The van der Waals surface area contributed by atoms with E-state index in [-0.39, 0.29) is 30.2 Å². The first kappa shape index (κ1) is 11.8. The Kier molecular flexibility index (Phi) is 2.97. The predicted molar refractivity (Wildman–Crippen MR) is 62.8 cm³/mol. The standard InChI is InChI=1S/C11H8BrNO4/c12-7-5-6(11(16)17)1-2-8(7)13-9(14)3-4-10(13)15/h1-2,5H,3-4H2,(H,16,17). The van der Waals surface area contributed by atoms with Crippen LogP contribution in [0.25, 0.3) is 0 Å². The number of rotatable bonds is 2. The van der Waals surface area contributed by atoms with E-state index in [9.17, 15) is 14.4 Å². The molecule has 6 heteroatoms. The van der Waals surface area contributed by atoms with Crippen molar-refractivity contribution in [2.75, 3.05) is 4.90 Å². The molecule has 0 saturated carbocycles. The molecular formula is C11H8BrNO4. The fourth-order valence-corrected chi connectivity index (χ4v) is 2.22. The maximum atomic E-state index is 11.5. The molecule has 1 aliphatic heterocycles. The summed E-state index contributed by atoms with van der Waals surface area (Å²) < 4.78 is 0.418. The largest absolute Gasteiger partial charge is 0.478 e. The zero-order valence-electron chi connectivity index (χ0n) is 8.64. The quantitative estimate of drug-likeness (QED) is 0.845. The third-order valence-electron chi connectivity index (χ3n) is 2.49. The van der Waals surface area contributed by atoms with Crippen molar-refractivity contribution in [3.05, 3.63) is 28.2 Å². The van der Waals surface area contributed by atoms with Gasteiger partial charge in [-0.2, -0.15) is 0 Å². The molecule has 2 amide bonds. The van der Waals surface area contributed by atoms with Crippen LogP contribution in [-0.4, -0.2) is 22.9 Å². The average molecular weight is 298 g/mol. The van der Waals surface area contributed by atoms with Gasteiger partial charge < -0.3 is 5.11 Å². The molecule has 1 N–H and O–H groups in total. The second-order valence-corrected chi connectivity index (χ2v) is 4.45. The van der Waals surface area contributed by atoms with Crippen LogP contribution in [0.1, 0.15) is 23.2 Å². The van der Waals surface area contributed by atoms with Gasteiger partial charge in [0.25, 0.3) is 0 Å². The van der Waals surface area contributed by atoms with Gasteiger partial charge in [-0.1, -0.05) is 0 Å². The van der Waals surface area contributed by atoms with Crippen molar-refractivity contribution in [1.82, 2.24) is 0 Å². The summed E-state index contributed by atoms with van der Waals surface area (Å²) in [5.74, 6) is -1.59. The van der Waals surface area contributed by atoms with Crippen molar-refractivity contribution in [3.63, 3.8) is 0 Å². The van der Waals surface area contributed by atoms with Crippen molar-refractivity contribution in [2.24, 2.45) is 0 Å². The molecule has 0 aromatic heterocycles. The highest BCUT2D eigenvalue weighted by molar-refractivity contribution is 9.10. The third-order valence-corrected chi connectivity index (χ3v) is 3.12. The molecule has 17 heavy (non-hydrogen) atoms. The van der Waals surface area contributed by atoms with Gasteiger partial charge in [0.15, 0.2) is 0 Å². The number of anilines is 1. The Morgan fingerprint density at radius 1 is 1.24 bits per heavy atom. The van der Waals surface area contributed by atoms with Crippen molar-refractivity contribution >= 4 is 39.4 Å². The monoisotopic (exact) mass is 297 g/mol. The highest BCUT2D eigenvalue weighted by Gasteiger charge is 2.31. The zero-order valence-corrected chi connectivity index (χ0v) is 10.2. The number of imide groups is 1. The number of carboxylic acid groups (broad SMARTS) is 1. The molecule has 5 nitrogen and oxygen atoms in total. The summed E-state index contributed by atoms with van der Waals surface area (Å²) in [6.45, 7) is 0. The van der Waals surface area contributed by atoms with Crippen molar-refractivity contribution in [2.45, 2.75) is 12.8 Å². The second-order valence-electron chi connectivity index (χ2n) is 3.59. The predicted octanol–water partition coefficient (Wildman–Crippen LogP) is 1.80. The number of aromatic carboxylic acids is 1. The summed E-state index contributed by atoms with van der Waals surface area (Å²) in [7, 11) is 0. The molecule has 0 unspecified atom stereocenters. The van der Waals surface area contributed by atoms with Gasteiger partial charge in [0.05, 0.1) is 11.3 Å². The first-order valence-corrected chi connectivity index (χ1v) is 5.68. The van der Waals surface area contributed by atoms with Crippen LogP contribution in [0.3, 0.4) is 0 Å². The summed E-state index contributed by atoms with van der Waals surface area (Å²) in [4.78, 5) is 34.9. The van der Waals surface area contributed by atoms with E-state index >= 15 is 0 Å². The minimum atomic E-state index is -1.06. The molecule has 1 heterocycles. The average Bonchev–Trinajstić information content (AvgIpc) is 2.59. The van der Waals surface area contributed by atoms with Gasteiger partial charge >= 0.3 is 5.97 Å². The number of halogens is 1. The number of nitrogens with zero attached hydrogens (tertiary/aromatic N) is 1. The Labute approximate surface area is 105 Å². The summed E-state index contributed by atoms with van der Waals surface area (Å²) in [5.41, 5.74) is 0.488. The minimum absolute atomic E-state index is 0.0970. The van der Waals surface area contributed by atoms with Gasteiger partial charge in [0, 0.05) is 17.3 Å². The second kappa shape index (κ2) is 4.29. The Bertz CT molecular complexity index is 510. The van der Waals surface area contributed by atoms with E-state index in [0.717, 1.165) is 4.90 Å². The number of carbonyl (C=O) groups is 3. The lowest BCUT2D eigenvalue weighted by Gasteiger charge is -2.15. The summed E-state index contributed by atoms with van der Waals surface area (Å²) >= 11 is 3.17. The number of carbonyl (C=O) groups excluding carboxylic acids is 2. The van der Waals surface area contributed by atoms with Gasteiger partial charge in [-0.25, -0.2) is 9.69 Å². The molecule has 0 bridgehead atoms. The molecule has 1 aromatic carbocycles. The Hall–Kier alpha value is -1.69. The number of hydrogen-bond donors (Lipinski definition) is 1. The maximum absolute atomic E-state index is 11.5. The molecule has 1 saturated heterocycles. The van der Waals surface area contributed by atoms with Gasteiger partial charge in [-0.3, -0.25) is 9.59 Å². The van der Waals surface area contributed by atoms with Gasteiger partial charge in [0.1, 0.15) is 0 Å². The van der Waals surface area contributed by atoms with Crippen molar-refractivity contribution < 1.29 is 19.5 Å². The molecule has 0 radical (unpaired) electrons. The molecule has 1 aliphatic rings. The molecular weight excluding hydrogens is 290 g/mol. The van der Waals surface area contributed by atoms with E-state index in [4.69, 9.17) is 5.11 Å². The van der Waals surface area contributed by atoms with Crippen LogP contribution in [-0.2, 0) is 9.59 Å². The van der Waals surface area contributed by atoms with Crippen LogP contribution in [0.4, 0.5) is 5.69 Å². The van der Waals surface area contributed by atoms with E-state index in [1.165, 1.54) is 18.2 Å². The highest BCUT2D eigenvalue weighted by atomic mass is 79.9. The number of carboxylic acids is 1. The molecule has 0 aliphatic carbocycles. The van der Waals surface area contributed by atoms with Gasteiger partial charge in [0.2, 0.25) is 11.8 Å². The number of amides is 2. The summed E-state index contributed by atoms with van der Waals surface area (Å²) in [6.07, 6.45) is 0.401. The lowest BCUT2D eigenvalue weighted by molar-refractivity contribution is -0.121. The number of benzene rings is 1. The van der Waals surface area contributed by atoms with Crippen LogP contribution in [0.5, 0.6) is 0 Å². The topological polar surface area (TPSA) is 74.7 Å². The first-order chi connectivity index (χ1) is 8.00. The molecule has 0 spiro atoms. The van der Waals surface area contributed by atoms with Gasteiger partial charge in [-0.05, 0) is 34.1 Å². The Morgan fingerprint density at radius 2 is 1.82 bits per heavy atom. The lowest BCUT2D eigenvalue weighted by atomic mass is 10.2. The van der Waals surface area contributed by atoms with E-state index in [1.807, 2.05) is 0 Å². The molecule has 0 atom stereocenters. The minimum Gasteiger partial charge on any atom is -0.478 e. The zero-order chi connectivity index (χ0) is 12.6. The molecule has 1 aromatic rings. The molecule has 88 valence electrons. The first-order valence-electron chi connectivity index (χ1n) is 4.89. The van der Waals surface area contributed by atoms with E-state index in [0.29, 0.717) is 10.2 Å². The Morgan fingerprint density at radius 3 is 2.29 bits per heavy atom. The Balaban J connectivity index is 2.43. The van der Waals surface area contributed by atoms with Crippen molar-refractivity contribution in [3.8, 4) is 0 Å². The summed E-state index contributed by atoms with van der Waals surface area (Å²) in [6, 6.07) is 4.19. The SMILES string of the molecule is O=C(O)c1ccc(N2C(=O)CCC2=O)c(Br)c1. The van der Waals surface area contributed by atoms with Crippen LogP contribution < -0.4 is 4.90 Å². The van der Waals surface area contributed by atoms with Crippen LogP contribution in [0.15, 0.2) is 22.7 Å². The van der Waals surface area contributed by atoms with E-state index in [2.05, 4.69) is 15.9 Å². The number of hydrogen-bond acceptors (Lipinski definition) is 3. The molecule has 1 fully saturated rings. The molecule has 2 rings (SSSR count). The van der Waals surface area contributed by atoms with Crippen LogP contribution >= 0.6 is 15.9 Å².